The Hall–Kier alpha value is -1.13. The molecule has 0 saturated heterocycles. The van der Waals surface area contributed by atoms with Crippen molar-refractivity contribution in [3.05, 3.63) is 36.0 Å². The second-order valence-electron chi connectivity index (χ2n) is 2.89. The molecule has 1 atom stereocenters. The van der Waals surface area contributed by atoms with E-state index in [1.807, 2.05) is 31.2 Å². The Morgan fingerprint density at radius 2 is 2.08 bits per heavy atom. The third-order valence-electron chi connectivity index (χ3n) is 2.05. The van der Waals surface area contributed by atoms with Crippen LogP contribution in [-0.4, -0.2) is 12.7 Å². The molecule has 1 aromatic heterocycles. The van der Waals surface area contributed by atoms with E-state index < -0.39 is 11.3 Å². The number of nitrogens with zero attached hydrogens (tertiary/aromatic N) is 1. The quantitative estimate of drug-likeness (QED) is 0.706. The minimum absolute atomic E-state index is 0.792. The summed E-state index contributed by atoms with van der Waals surface area (Å²) in [5, 5.41) is 1.02. The molecule has 2 rings (SSSR count). The van der Waals surface area contributed by atoms with Gasteiger partial charge in [0.05, 0.1) is 5.52 Å². The number of hydrogen-bond donors (Lipinski definition) is 1. The molecule has 1 N–H and O–H groups in total. The summed E-state index contributed by atoms with van der Waals surface area (Å²) >= 11 is -1.97. The summed E-state index contributed by atoms with van der Waals surface area (Å²) in [7, 11) is 0. The lowest BCUT2D eigenvalue weighted by molar-refractivity contribution is 0.556. The van der Waals surface area contributed by atoms with Gasteiger partial charge in [-0.05, 0) is 18.6 Å². The monoisotopic (exact) mass is 195 g/mol. The third kappa shape index (κ3) is 1.28. The van der Waals surface area contributed by atoms with Crippen LogP contribution in [0.5, 0.6) is 0 Å². The van der Waals surface area contributed by atoms with Gasteiger partial charge in [-0.25, -0.2) is 8.18 Å². The zero-order valence-corrected chi connectivity index (χ0v) is 7.91. The Balaban J connectivity index is 2.85. The first-order valence-electron chi connectivity index (χ1n) is 3.88. The Morgan fingerprint density at radius 1 is 1.38 bits per heavy atom. The van der Waals surface area contributed by atoms with E-state index in [9.17, 15) is 4.21 Å². The maximum absolute atomic E-state index is 10.9. The van der Waals surface area contributed by atoms with Crippen LogP contribution in [0, 0.1) is 6.92 Å². The molecule has 1 heterocycles. The molecular weight excluding hydrogens is 186 g/mol. The van der Waals surface area contributed by atoms with Crippen molar-refractivity contribution in [3.63, 3.8) is 0 Å². The van der Waals surface area contributed by atoms with Gasteiger partial charge in [0.2, 0.25) is 0 Å². The first-order valence-corrected chi connectivity index (χ1v) is 4.94. The van der Waals surface area contributed by atoms with Crippen LogP contribution in [0.4, 0.5) is 0 Å². The van der Waals surface area contributed by atoms with Gasteiger partial charge >= 0.3 is 0 Å². The Labute approximate surface area is 78.4 Å². The zero-order valence-electron chi connectivity index (χ0n) is 7.10. The molecule has 3 nitrogen and oxygen atoms in total. The van der Waals surface area contributed by atoms with E-state index in [1.165, 1.54) is 3.97 Å². The Bertz CT molecular complexity index is 475. The van der Waals surface area contributed by atoms with Crippen molar-refractivity contribution in [1.29, 1.82) is 0 Å². The molecule has 0 bridgehead atoms. The van der Waals surface area contributed by atoms with E-state index in [2.05, 4.69) is 0 Å². The van der Waals surface area contributed by atoms with E-state index in [0.29, 0.717) is 0 Å². The maximum atomic E-state index is 10.9. The van der Waals surface area contributed by atoms with Crippen molar-refractivity contribution in [2.75, 3.05) is 0 Å². The fourth-order valence-electron chi connectivity index (χ4n) is 1.44. The molecule has 0 fully saturated rings. The van der Waals surface area contributed by atoms with Crippen LogP contribution >= 0.6 is 0 Å². The summed E-state index contributed by atoms with van der Waals surface area (Å²) in [6.07, 6.45) is 1.68. The van der Waals surface area contributed by atoms with Crippen LogP contribution in [0.25, 0.3) is 10.9 Å². The average Bonchev–Trinajstić information content (AvgIpc) is 2.45. The Kier molecular flexibility index (Phi) is 1.94. The predicted molar refractivity (Wildman–Crippen MR) is 52.8 cm³/mol. The molecule has 0 amide bonds. The molecule has 1 aromatic carbocycles. The SMILES string of the molecule is Cc1cn(S(=O)O)c2ccccc12. The number of aryl methyl sites for hydroxylation is 1. The lowest BCUT2D eigenvalue weighted by Gasteiger charge is -1.96. The van der Waals surface area contributed by atoms with Crippen LogP contribution in [0.1, 0.15) is 5.56 Å². The number of para-hydroxylation sites is 1. The lowest BCUT2D eigenvalue weighted by Crippen LogP contribution is -1.99. The summed E-state index contributed by atoms with van der Waals surface area (Å²) in [6, 6.07) is 7.54. The highest BCUT2D eigenvalue weighted by Crippen LogP contribution is 2.20. The zero-order chi connectivity index (χ0) is 9.42. The van der Waals surface area contributed by atoms with E-state index in [4.69, 9.17) is 4.55 Å². The largest absolute Gasteiger partial charge is 0.289 e. The van der Waals surface area contributed by atoms with Gasteiger partial charge < -0.3 is 0 Å². The van der Waals surface area contributed by atoms with E-state index >= 15 is 0 Å². The third-order valence-corrected chi connectivity index (χ3v) is 2.68. The minimum Gasteiger partial charge on any atom is -0.289 e. The molecule has 13 heavy (non-hydrogen) atoms. The molecule has 1 unspecified atom stereocenters. The molecule has 68 valence electrons. The van der Waals surface area contributed by atoms with Gasteiger partial charge in [0.25, 0.3) is 11.3 Å². The maximum Gasteiger partial charge on any atom is 0.266 e. The summed E-state index contributed by atoms with van der Waals surface area (Å²) in [5.74, 6) is 0. The second-order valence-corrected chi connectivity index (χ2v) is 3.74. The highest BCUT2D eigenvalue weighted by Gasteiger charge is 2.06. The van der Waals surface area contributed by atoms with Crippen LogP contribution in [0.3, 0.4) is 0 Å². The molecule has 0 aliphatic rings. The minimum atomic E-state index is -1.97. The van der Waals surface area contributed by atoms with Gasteiger partial charge in [0, 0.05) is 11.6 Å². The fourth-order valence-corrected chi connectivity index (χ4v) is 2.02. The molecule has 4 heteroatoms. The van der Waals surface area contributed by atoms with Gasteiger partial charge in [-0.15, -0.1) is 0 Å². The van der Waals surface area contributed by atoms with Crippen LogP contribution in [0.2, 0.25) is 0 Å². The molecule has 0 aliphatic heterocycles. The average molecular weight is 195 g/mol. The first kappa shape index (κ1) is 8.47. The van der Waals surface area contributed by atoms with E-state index in [-0.39, 0.29) is 0 Å². The van der Waals surface area contributed by atoms with Crippen molar-refractivity contribution in [2.45, 2.75) is 6.92 Å². The van der Waals surface area contributed by atoms with Crippen LogP contribution < -0.4 is 0 Å². The van der Waals surface area contributed by atoms with Crippen molar-refractivity contribution >= 4 is 22.2 Å². The highest BCUT2D eigenvalue weighted by molar-refractivity contribution is 7.77. The second kappa shape index (κ2) is 2.97. The van der Waals surface area contributed by atoms with Gasteiger partial charge in [-0.3, -0.25) is 4.55 Å². The molecule has 2 aromatic rings. The van der Waals surface area contributed by atoms with Gasteiger partial charge in [0.15, 0.2) is 0 Å². The summed E-state index contributed by atoms with van der Waals surface area (Å²) in [5.41, 5.74) is 1.80. The summed E-state index contributed by atoms with van der Waals surface area (Å²) in [4.78, 5) is 0. The van der Waals surface area contributed by atoms with E-state index in [0.717, 1.165) is 16.5 Å². The number of benzene rings is 1. The highest BCUT2D eigenvalue weighted by atomic mass is 32.2. The molecular formula is C9H9NO2S. The van der Waals surface area contributed by atoms with Crippen molar-refractivity contribution < 1.29 is 8.76 Å². The van der Waals surface area contributed by atoms with Gasteiger partial charge in [-0.1, -0.05) is 18.2 Å². The molecule has 0 radical (unpaired) electrons. The standard InChI is InChI=1S/C9H9NO2S/c1-7-6-10(13(11)12)9-5-3-2-4-8(7)9/h2-6H,1H3,(H,11,12). The Morgan fingerprint density at radius 3 is 2.77 bits per heavy atom. The smallest absolute Gasteiger partial charge is 0.266 e. The lowest BCUT2D eigenvalue weighted by atomic mass is 10.2. The molecule has 0 aliphatic carbocycles. The topological polar surface area (TPSA) is 42.2 Å². The van der Waals surface area contributed by atoms with Crippen molar-refractivity contribution in [1.82, 2.24) is 3.97 Å². The number of aromatic nitrogens is 1. The normalized spacial score (nSPS) is 13.4. The van der Waals surface area contributed by atoms with Gasteiger partial charge in [-0.2, -0.15) is 0 Å². The van der Waals surface area contributed by atoms with Crippen molar-refractivity contribution in [2.24, 2.45) is 0 Å². The van der Waals surface area contributed by atoms with Crippen LogP contribution in [0.15, 0.2) is 30.5 Å². The summed E-state index contributed by atoms with van der Waals surface area (Å²) in [6.45, 7) is 1.92. The molecule has 0 saturated carbocycles. The fraction of sp³-hybridized carbons (Fsp3) is 0.111. The first-order chi connectivity index (χ1) is 6.20. The van der Waals surface area contributed by atoms with Gasteiger partial charge in [0.1, 0.15) is 0 Å². The predicted octanol–water partition coefficient (Wildman–Crippen LogP) is 1.93. The summed E-state index contributed by atoms with van der Waals surface area (Å²) < 4.78 is 21.2. The van der Waals surface area contributed by atoms with E-state index in [1.54, 1.807) is 6.20 Å². The van der Waals surface area contributed by atoms with Crippen LogP contribution in [-0.2, 0) is 11.3 Å². The number of hydrogen-bond acceptors (Lipinski definition) is 1. The molecule has 0 spiro atoms. The number of rotatable bonds is 1. The number of fused-ring (bicyclic) bond motifs is 1. The van der Waals surface area contributed by atoms with Crippen molar-refractivity contribution in [3.8, 4) is 0 Å².